The van der Waals surface area contributed by atoms with Gasteiger partial charge < -0.3 is 19.2 Å². The van der Waals surface area contributed by atoms with Gasteiger partial charge in [-0.1, -0.05) is 17.7 Å². The van der Waals surface area contributed by atoms with Gasteiger partial charge in [-0.25, -0.2) is 0 Å². The molecule has 8 heteroatoms. The molecular formula is C19H18ClN3O4. The highest BCUT2D eigenvalue weighted by Crippen LogP contribution is 2.27. The summed E-state index contributed by atoms with van der Waals surface area (Å²) in [6.07, 6.45) is 0.615. The van der Waals surface area contributed by atoms with Gasteiger partial charge in [0, 0.05) is 17.1 Å². The molecule has 2 aromatic carbocycles. The average molecular weight is 388 g/mol. The van der Waals surface area contributed by atoms with Crippen molar-refractivity contribution in [3.63, 3.8) is 0 Å². The van der Waals surface area contributed by atoms with E-state index in [-0.39, 0.29) is 11.8 Å². The molecule has 0 saturated carbocycles. The molecule has 0 aliphatic carbocycles. The maximum absolute atomic E-state index is 12.2. The third kappa shape index (κ3) is 4.57. The zero-order chi connectivity index (χ0) is 19.2. The van der Waals surface area contributed by atoms with Crippen LogP contribution in [-0.2, 0) is 6.42 Å². The van der Waals surface area contributed by atoms with E-state index in [9.17, 15) is 4.79 Å². The lowest BCUT2D eigenvalue weighted by atomic mass is 10.1. The SMILES string of the molecule is COc1ccc(CCNC(=O)c2nnc(-c3ccc(Cl)cc3)o2)cc1OC. The maximum Gasteiger partial charge on any atom is 0.308 e. The number of nitrogens with one attached hydrogen (secondary N) is 1. The number of methoxy groups -OCH3 is 2. The minimum absolute atomic E-state index is 0.0905. The monoisotopic (exact) mass is 387 g/mol. The summed E-state index contributed by atoms with van der Waals surface area (Å²) in [5.41, 5.74) is 1.69. The highest BCUT2D eigenvalue weighted by Gasteiger charge is 2.15. The summed E-state index contributed by atoms with van der Waals surface area (Å²) in [6.45, 7) is 0.410. The number of amides is 1. The van der Waals surface area contributed by atoms with E-state index >= 15 is 0 Å². The van der Waals surface area contributed by atoms with E-state index < -0.39 is 5.91 Å². The lowest BCUT2D eigenvalue weighted by molar-refractivity contribution is 0.0920. The van der Waals surface area contributed by atoms with Crippen molar-refractivity contribution in [2.45, 2.75) is 6.42 Å². The summed E-state index contributed by atoms with van der Waals surface area (Å²) in [4.78, 5) is 12.2. The Balaban J connectivity index is 1.58. The maximum atomic E-state index is 12.2. The Morgan fingerprint density at radius 2 is 1.81 bits per heavy atom. The van der Waals surface area contributed by atoms with Gasteiger partial charge in [-0.05, 0) is 48.4 Å². The van der Waals surface area contributed by atoms with E-state index in [1.54, 1.807) is 38.5 Å². The zero-order valence-electron chi connectivity index (χ0n) is 14.9. The van der Waals surface area contributed by atoms with Crippen LogP contribution in [0.25, 0.3) is 11.5 Å². The fourth-order valence-corrected chi connectivity index (χ4v) is 2.58. The molecule has 0 aliphatic heterocycles. The Kier molecular flexibility index (Phi) is 5.93. The van der Waals surface area contributed by atoms with E-state index in [0.29, 0.717) is 35.1 Å². The number of hydrogen-bond acceptors (Lipinski definition) is 6. The number of nitrogens with zero attached hydrogens (tertiary/aromatic N) is 2. The summed E-state index contributed by atoms with van der Waals surface area (Å²) in [6, 6.07) is 12.5. The van der Waals surface area contributed by atoms with Crippen LogP contribution in [-0.4, -0.2) is 36.9 Å². The summed E-state index contributed by atoms with van der Waals surface area (Å²) in [7, 11) is 3.16. The lowest BCUT2D eigenvalue weighted by Gasteiger charge is -2.09. The first-order valence-electron chi connectivity index (χ1n) is 8.19. The molecular weight excluding hydrogens is 370 g/mol. The van der Waals surface area contributed by atoms with Gasteiger partial charge in [0.15, 0.2) is 11.5 Å². The molecule has 27 heavy (non-hydrogen) atoms. The van der Waals surface area contributed by atoms with Crippen LogP contribution in [0.5, 0.6) is 11.5 Å². The standard InChI is InChI=1S/C19H18ClN3O4/c1-25-15-8-3-12(11-16(15)26-2)9-10-21-17(24)19-23-22-18(27-19)13-4-6-14(20)7-5-13/h3-8,11H,9-10H2,1-2H3,(H,21,24). The fourth-order valence-electron chi connectivity index (χ4n) is 2.46. The average Bonchev–Trinajstić information content (AvgIpc) is 3.18. The Morgan fingerprint density at radius 1 is 1.07 bits per heavy atom. The molecule has 3 rings (SSSR count). The Labute approximate surface area is 161 Å². The minimum atomic E-state index is -0.428. The molecule has 0 radical (unpaired) electrons. The van der Waals surface area contributed by atoms with E-state index in [2.05, 4.69) is 15.5 Å². The first-order valence-corrected chi connectivity index (χ1v) is 8.57. The van der Waals surface area contributed by atoms with E-state index in [4.69, 9.17) is 25.5 Å². The number of aromatic nitrogens is 2. The van der Waals surface area contributed by atoms with Crippen LogP contribution in [0.1, 0.15) is 16.2 Å². The number of ether oxygens (including phenoxy) is 2. The van der Waals surface area contributed by atoms with Gasteiger partial charge in [-0.2, -0.15) is 0 Å². The molecule has 3 aromatic rings. The highest BCUT2D eigenvalue weighted by atomic mass is 35.5. The highest BCUT2D eigenvalue weighted by molar-refractivity contribution is 6.30. The molecule has 1 heterocycles. The molecule has 1 N–H and O–H groups in total. The second kappa shape index (κ2) is 8.55. The van der Waals surface area contributed by atoms with Crippen LogP contribution in [0, 0.1) is 0 Å². The number of benzene rings is 2. The number of carbonyl (C=O) groups is 1. The molecule has 0 spiro atoms. The molecule has 1 amide bonds. The van der Waals surface area contributed by atoms with Crippen molar-refractivity contribution in [1.82, 2.24) is 15.5 Å². The number of rotatable bonds is 7. The van der Waals surface area contributed by atoms with Crippen LogP contribution < -0.4 is 14.8 Å². The predicted octanol–water partition coefficient (Wildman–Crippen LogP) is 3.38. The Hall–Kier alpha value is -3.06. The smallest absolute Gasteiger partial charge is 0.308 e. The van der Waals surface area contributed by atoms with Gasteiger partial charge >= 0.3 is 11.8 Å². The van der Waals surface area contributed by atoms with Crippen LogP contribution in [0.15, 0.2) is 46.9 Å². The van der Waals surface area contributed by atoms with Gasteiger partial charge in [0.25, 0.3) is 0 Å². The first kappa shape index (κ1) is 18.7. The van der Waals surface area contributed by atoms with E-state index in [0.717, 1.165) is 5.56 Å². The van der Waals surface area contributed by atoms with Gasteiger partial charge in [0.05, 0.1) is 14.2 Å². The number of hydrogen-bond donors (Lipinski definition) is 1. The summed E-state index contributed by atoms with van der Waals surface area (Å²) >= 11 is 5.85. The topological polar surface area (TPSA) is 86.5 Å². The molecule has 0 aliphatic rings. The molecule has 0 bridgehead atoms. The van der Waals surface area contributed by atoms with Gasteiger partial charge in [-0.15, -0.1) is 10.2 Å². The second-order valence-corrected chi connectivity index (χ2v) is 6.05. The lowest BCUT2D eigenvalue weighted by Crippen LogP contribution is -2.26. The van der Waals surface area contributed by atoms with Crippen molar-refractivity contribution in [1.29, 1.82) is 0 Å². The molecule has 0 saturated heterocycles. The zero-order valence-corrected chi connectivity index (χ0v) is 15.6. The molecule has 0 unspecified atom stereocenters. The molecule has 140 valence electrons. The van der Waals surface area contributed by atoms with Crippen molar-refractivity contribution < 1.29 is 18.7 Å². The van der Waals surface area contributed by atoms with Crippen LogP contribution in [0.3, 0.4) is 0 Å². The third-order valence-corrected chi connectivity index (χ3v) is 4.11. The summed E-state index contributed by atoms with van der Waals surface area (Å²) in [5, 5.41) is 11.0. The largest absolute Gasteiger partial charge is 0.493 e. The van der Waals surface area contributed by atoms with Gasteiger partial charge in [0.2, 0.25) is 5.89 Å². The van der Waals surface area contributed by atoms with E-state index in [1.165, 1.54) is 0 Å². The molecule has 0 fully saturated rings. The Morgan fingerprint density at radius 3 is 2.52 bits per heavy atom. The van der Waals surface area contributed by atoms with Crippen LogP contribution in [0.4, 0.5) is 0 Å². The van der Waals surface area contributed by atoms with Gasteiger partial charge in [-0.3, -0.25) is 4.79 Å². The summed E-state index contributed by atoms with van der Waals surface area (Å²) in [5.74, 6) is 1.05. The predicted molar refractivity (Wildman–Crippen MR) is 100 cm³/mol. The molecule has 7 nitrogen and oxygen atoms in total. The van der Waals surface area contributed by atoms with E-state index in [1.807, 2.05) is 18.2 Å². The molecule has 0 atom stereocenters. The number of halogens is 1. The third-order valence-electron chi connectivity index (χ3n) is 3.86. The van der Waals surface area contributed by atoms with Crippen molar-refractivity contribution in [2.24, 2.45) is 0 Å². The van der Waals surface area contributed by atoms with Crippen molar-refractivity contribution in [3.05, 3.63) is 58.9 Å². The van der Waals surface area contributed by atoms with Crippen molar-refractivity contribution in [3.8, 4) is 23.0 Å². The van der Waals surface area contributed by atoms with Crippen molar-refractivity contribution in [2.75, 3.05) is 20.8 Å². The van der Waals surface area contributed by atoms with Gasteiger partial charge in [0.1, 0.15) is 0 Å². The van der Waals surface area contributed by atoms with Crippen LogP contribution in [0.2, 0.25) is 5.02 Å². The quantitative estimate of drug-likeness (QED) is 0.668. The van der Waals surface area contributed by atoms with Crippen molar-refractivity contribution >= 4 is 17.5 Å². The Bertz CT molecular complexity index is 925. The summed E-state index contributed by atoms with van der Waals surface area (Å²) < 4.78 is 15.9. The first-order chi connectivity index (χ1) is 13.1. The number of carbonyl (C=O) groups excluding carboxylic acids is 1. The second-order valence-electron chi connectivity index (χ2n) is 5.61. The normalized spacial score (nSPS) is 10.5. The molecule has 1 aromatic heterocycles. The van der Waals surface area contributed by atoms with Crippen LogP contribution >= 0.6 is 11.6 Å². The minimum Gasteiger partial charge on any atom is -0.493 e. The fraction of sp³-hybridized carbons (Fsp3) is 0.211.